The molecular formula is C14H15N3O2S. The van der Waals surface area contributed by atoms with E-state index in [1.54, 1.807) is 23.5 Å². The number of aryl methyl sites for hydroxylation is 1. The van der Waals surface area contributed by atoms with E-state index in [1.165, 1.54) is 12.5 Å². The highest BCUT2D eigenvalue weighted by Crippen LogP contribution is 2.33. The van der Waals surface area contributed by atoms with Crippen LogP contribution >= 0.6 is 11.3 Å². The van der Waals surface area contributed by atoms with Crippen molar-refractivity contribution in [2.75, 3.05) is 6.54 Å². The van der Waals surface area contributed by atoms with Gasteiger partial charge in [0.1, 0.15) is 5.01 Å². The van der Waals surface area contributed by atoms with Crippen LogP contribution in [0.1, 0.15) is 30.1 Å². The van der Waals surface area contributed by atoms with Crippen LogP contribution in [0.15, 0.2) is 23.6 Å². The molecule has 0 aliphatic carbocycles. The zero-order valence-corrected chi connectivity index (χ0v) is 11.9. The smallest absolute Gasteiger partial charge is 0.270 e. The molecule has 1 aromatic heterocycles. The number of thiazole rings is 1. The first-order chi connectivity index (χ1) is 9.65. The summed E-state index contributed by atoms with van der Waals surface area (Å²) in [6, 6.07) is 5.26. The Bertz CT molecular complexity index is 648. The Labute approximate surface area is 120 Å². The number of benzene rings is 1. The van der Waals surface area contributed by atoms with E-state index >= 15 is 0 Å². The van der Waals surface area contributed by atoms with Crippen molar-refractivity contribution < 1.29 is 4.92 Å². The van der Waals surface area contributed by atoms with Crippen LogP contribution in [0.5, 0.6) is 0 Å². The molecule has 0 amide bonds. The Hall–Kier alpha value is -1.79. The normalized spacial score (nSPS) is 18.4. The van der Waals surface area contributed by atoms with Crippen molar-refractivity contribution in [2.24, 2.45) is 0 Å². The predicted molar refractivity (Wildman–Crippen MR) is 78.9 cm³/mol. The first-order valence-electron chi connectivity index (χ1n) is 6.59. The monoisotopic (exact) mass is 289 g/mol. The van der Waals surface area contributed by atoms with Gasteiger partial charge < -0.3 is 5.32 Å². The van der Waals surface area contributed by atoms with E-state index in [4.69, 9.17) is 0 Å². The first kappa shape index (κ1) is 13.2. The maximum atomic E-state index is 10.9. The third-order valence-electron chi connectivity index (χ3n) is 3.60. The van der Waals surface area contributed by atoms with Gasteiger partial charge in [0.15, 0.2) is 0 Å². The lowest BCUT2D eigenvalue weighted by Crippen LogP contribution is -2.12. The molecule has 1 aromatic carbocycles. The summed E-state index contributed by atoms with van der Waals surface area (Å²) in [6.45, 7) is 2.99. The van der Waals surface area contributed by atoms with Crippen molar-refractivity contribution in [3.8, 4) is 10.6 Å². The van der Waals surface area contributed by atoms with Crippen LogP contribution < -0.4 is 5.32 Å². The summed E-state index contributed by atoms with van der Waals surface area (Å²) < 4.78 is 0. The second kappa shape index (κ2) is 5.30. The zero-order valence-electron chi connectivity index (χ0n) is 11.1. The third-order valence-corrected chi connectivity index (χ3v) is 4.50. The van der Waals surface area contributed by atoms with Crippen molar-refractivity contribution in [2.45, 2.75) is 25.8 Å². The minimum atomic E-state index is -0.365. The van der Waals surface area contributed by atoms with Crippen molar-refractivity contribution in [3.63, 3.8) is 0 Å². The number of rotatable bonds is 3. The molecule has 1 aliphatic rings. The van der Waals surface area contributed by atoms with Crippen LogP contribution in [-0.2, 0) is 0 Å². The number of nitrogens with zero attached hydrogens (tertiary/aromatic N) is 2. The highest BCUT2D eigenvalue weighted by atomic mass is 32.1. The molecule has 1 N–H and O–H groups in total. The average molecular weight is 289 g/mol. The fraction of sp³-hybridized carbons (Fsp3) is 0.357. The summed E-state index contributed by atoms with van der Waals surface area (Å²) in [5.41, 5.74) is 3.03. The molecule has 0 unspecified atom stereocenters. The van der Waals surface area contributed by atoms with E-state index < -0.39 is 0 Å². The van der Waals surface area contributed by atoms with Gasteiger partial charge in [0.05, 0.1) is 16.7 Å². The van der Waals surface area contributed by atoms with E-state index in [9.17, 15) is 10.1 Å². The molecular weight excluding hydrogens is 274 g/mol. The van der Waals surface area contributed by atoms with E-state index in [-0.39, 0.29) is 10.6 Å². The molecule has 1 saturated heterocycles. The van der Waals surface area contributed by atoms with Gasteiger partial charge in [-0.2, -0.15) is 0 Å². The predicted octanol–water partition coefficient (Wildman–Crippen LogP) is 3.45. The molecule has 0 bridgehead atoms. The molecule has 0 spiro atoms. The molecule has 2 heterocycles. The second-order valence-corrected chi connectivity index (χ2v) is 5.84. The Balaban J connectivity index is 1.96. The van der Waals surface area contributed by atoms with Crippen LogP contribution in [0, 0.1) is 17.0 Å². The molecule has 1 aliphatic heterocycles. The summed E-state index contributed by atoms with van der Waals surface area (Å²) in [6.07, 6.45) is 2.28. The zero-order chi connectivity index (χ0) is 14.1. The minimum absolute atomic E-state index is 0.112. The highest BCUT2D eigenvalue weighted by molar-refractivity contribution is 7.13. The van der Waals surface area contributed by atoms with Crippen molar-refractivity contribution in [1.82, 2.24) is 10.3 Å². The number of nitrogens with one attached hydrogen (secondary N) is 1. The lowest BCUT2D eigenvalue weighted by molar-refractivity contribution is -0.384. The van der Waals surface area contributed by atoms with E-state index in [0.717, 1.165) is 34.8 Å². The van der Waals surface area contributed by atoms with E-state index in [0.29, 0.717) is 6.04 Å². The van der Waals surface area contributed by atoms with Crippen molar-refractivity contribution >= 4 is 17.0 Å². The molecule has 3 rings (SSSR count). The maximum absolute atomic E-state index is 10.9. The molecule has 20 heavy (non-hydrogen) atoms. The number of nitro groups is 1. The number of nitro benzene ring substituents is 1. The summed E-state index contributed by atoms with van der Waals surface area (Å²) in [4.78, 5) is 15.2. The summed E-state index contributed by atoms with van der Waals surface area (Å²) in [5, 5.41) is 17.2. The summed E-state index contributed by atoms with van der Waals surface area (Å²) in [7, 11) is 0. The Morgan fingerprint density at radius 1 is 1.50 bits per heavy atom. The van der Waals surface area contributed by atoms with Gasteiger partial charge in [0.25, 0.3) is 5.69 Å². The van der Waals surface area contributed by atoms with Crippen LogP contribution in [0.3, 0.4) is 0 Å². The number of hydrogen-bond acceptors (Lipinski definition) is 5. The Kier molecular flexibility index (Phi) is 3.50. The molecule has 0 radical (unpaired) electrons. The molecule has 0 saturated carbocycles. The minimum Gasteiger partial charge on any atom is -0.309 e. The molecule has 104 valence electrons. The maximum Gasteiger partial charge on any atom is 0.270 e. The van der Waals surface area contributed by atoms with Gasteiger partial charge in [-0.15, -0.1) is 11.3 Å². The number of non-ortho nitro benzene ring substituents is 1. The van der Waals surface area contributed by atoms with Crippen LogP contribution in [0.2, 0.25) is 0 Å². The highest BCUT2D eigenvalue weighted by Gasteiger charge is 2.20. The van der Waals surface area contributed by atoms with Gasteiger partial charge >= 0.3 is 0 Å². The van der Waals surface area contributed by atoms with Crippen LogP contribution in [-0.4, -0.2) is 16.5 Å². The van der Waals surface area contributed by atoms with Crippen molar-refractivity contribution in [1.29, 1.82) is 0 Å². The standard InChI is InChI=1S/C14H15N3O2S/c1-9-4-5-10(17(18)19)7-11(9)14-16-13(8-20-14)12-3-2-6-15-12/h4-5,7-8,12,15H,2-3,6H2,1H3/t12-/m0/s1. The van der Waals surface area contributed by atoms with Crippen molar-refractivity contribution in [3.05, 3.63) is 45.0 Å². The number of hydrogen-bond donors (Lipinski definition) is 1. The quantitative estimate of drug-likeness (QED) is 0.694. The SMILES string of the molecule is Cc1ccc([N+](=O)[O-])cc1-c1nc([C@@H]2CCCN2)cs1. The lowest BCUT2D eigenvalue weighted by atomic mass is 10.1. The van der Waals surface area contributed by atoms with Gasteiger partial charge in [-0.3, -0.25) is 10.1 Å². The Morgan fingerprint density at radius 3 is 3.05 bits per heavy atom. The number of aromatic nitrogens is 1. The van der Waals surface area contributed by atoms with Gasteiger partial charge in [-0.05, 0) is 31.9 Å². The topological polar surface area (TPSA) is 68.1 Å². The van der Waals surface area contributed by atoms with Gasteiger partial charge in [-0.25, -0.2) is 4.98 Å². The largest absolute Gasteiger partial charge is 0.309 e. The average Bonchev–Trinajstić information content (AvgIpc) is 3.10. The molecule has 2 aromatic rings. The molecule has 6 heteroatoms. The van der Waals surface area contributed by atoms with Gasteiger partial charge in [0, 0.05) is 23.1 Å². The van der Waals surface area contributed by atoms with Crippen LogP contribution in [0.25, 0.3) is 10.6 Å². The summed E-state index contributed by atoms with van der Waals surface area (Å²) in [5.74, 6) is 0. The summed E-state index contributed by atoms with van der Waals surface area (Å²) >= 11 is 1.55. The molecule has 1 atom stereocenters. The third kappa shape index (κ3) is 2.44. The van der Waals surface area contributed by atoms with E-state index in [1.807, 2.05) is 6.92 Å². The van der Waals surface area contributed by atoms with E-state index in [2.05, 4.69) is 15.7 Å². The Morgan fingerprint density at radius 2 is 2.35 bits per heavy atom. The lowest BCUT2D eigenvalue weighted by Gasteiger charge is -2.05. The molecule has 5 nitrogen and oxygen atoms in total. The first-order valence-corrected chi connectivity index (χ1v) is 7.47. The molecule has 1 fully saturated rings. The second-order valence-electron chi connectivity index (χ2n) is 4.98. The van der Waals surface area contributed by atoms with Gasteiger partial charge in [0.2, 0.25) is 0 Å². The van der Waals surface area contributed by atoms with Gasteiger partial charge in [-0.1, -0.05) is 6.07 Å². The fourth-order valence-electron chi connectivity index (χ4n) is 2.46. The van der Waals surface area contributed by atoms with Crippen LogP contribution in [0.4, 0.5) is 5.69 Å². The fourth-order valence-corrected chi connectivity index (χ4v) is 3.42.